The lowest BCUT2D eigenvalue weighted by atomic mass is 9.97. The standard InChI is InChI=1S/C32H38N4O6S/c1-32(2,3)42-31(39)36-19-17-23(18-20-36)21-33-29(37)22-34-30(38)25-13-15-26(16-14-25)43(40,41)35-28-12-8-7-11-27(28)24-9-5-4-6-10-24/h4-16,23,35H,17-22H2,1-3H3,(H,33,37)(H,34,38). The molecule has 0 aromatic heterocycles. The number of hydrogen-bond acceptors (Lipinski definition) is 6. The Morgan fingerprint density at radius 1 is 0.860 bits per heavy atom. The predicted molar refractivity (Wildman–Crippen MR) is 165 cm³/mol. The zero-order valence-electron chi connectivity index (χ0n) is 24.6. The Bertz CT molecular complexity index is 1530. The van der Waals surface area contributed by atoms with E-state index in [1.54, 1.807) is 17.0 Å². The fourth-order valence-electron chi connectivity index (χ4n) is 4.66. The van der Waals surface area contributed by atoms with Crippen LogP contribution >= 0.6 is 0 Å². The topological polar surface area (TPSA) is 134 Å². The number of amides is 3. The fraction of sp³-hybridized carbons (Fsp3) is 0.344. The number of ether oxygens (including phenoxy) is 1. The minimum absolute atomic E-state index is 0.00220. The van der Waals surface area contributed by atoms with Crippen molar-refractivity contribution in [2.75, 3.05) is 30.9 Å². The van der Waals surface area contributed by atoms with Gasteiger partial charge in [-0.05, 0) is 75.4 Å². The van der Waals surface area contributed by atoms with Crippen molar-refractivity contribution in [3.8, 4) is 11.1 Å². The first-order valence-corrected chi connectivity index (χ1v) is 15.7. The van der Waals surface area contributed by atoms with Crippen molar-refractivity contribution in [1.29, 1.82) is 0 Å². The minimum atomic E-state index is -3.92. The van der Waals surface area contributed by atoms with Crippen LogP contribution < -0.4 is 15.4 Å². The number of nitrogens with one attached hydrogen (secondary N) is 3. The number of rotatable bonds is 9. The van der Waals surface area contributed by atoms with Gasteiger partial charge in [-0.3, -0.25) is 14.3 Å². The smallest absolute Gasteiger partial charge is 0.410 e. The molecule has 1 heterocycles. The Balaban J connectivity index is 1.24. The van der Waals surface area contributed by atoms with Gasteiger partial charge in [-0.25, -0.2) is 13.2 Å². The van der Waals surface area contributed by atoms with Crippen molar-refractivity contribution >= 4 is 33.6 Å². The van der Waals surface area contributed by atoms with E-state index in [-0.39, 0.29) is 34.9 Å². The van der Waals surface area contributed by atoms with Gasteiger partial charge in [-0.15, -0.1) is 0 Å². The average Bonchev–Trinajstić information content (AvgIpc) is 2.99. The van der Waals surface area contributed by atoms with Gasteiger partial charge in [-0.2, -0.15) is 0 Å². The van der Waals surface area contributed by atoms with Crippen molar-refractivity contribution in [2.24, 2.45) is 5.92 Å². The van der Waals surface area contributed by atoms with Crippen LogP contribution in [0.5, 0.6) is 0 Å². The van der Waals surface area contributed by atoms with Gasteiger partial charge in [0.05, 0.1) is 17.1 Å². The number of piperidine rings is 1. The summed E-state index contributed by atoms with van der Waals surface area (Å²) >= 11 is 0. The number of benzene rings is 3. The van der Waals surface area contributed by atoms with Crippen LogP contribution in [0.1, 0.15) is 44.0 Å². The average molecular weight is 607 g/mol. The summed E-state index contributed by atoms with van der Waals surface area (Å²) in [5.41, 5.74) is 1.74. The van der Waals surface area contributed by atoms with Crippen LogP contribution in [0.15, 0.2) is 83.8 Å². The molecule has 3 aromatic carbocycles. The maximum Gasteiger partial charge on any atom is 0.410 e. The van der Waals surface area contributed by atoms with Crippen molar-refractivity contribution < 1.29 is 27.5 Å². The Morgan fingerprint density at radius 2 is 1.49 bits per heavy atom. The van der Waals surface area contributed by atoms with Crippen LogP contribution in [-0.4, -0.2) is 63.0 Å². The summed E-state index contributed by atoms with van der Waals surface area (Å²) < 4.78 is 34.3. The summed E-state index contributed by atoms with van der Waals surface area (Å²) in [5.74, 6) is -0.600. The Labute approximate surface area is 252 Å². The van der Waals surface area contributed by atoms with E-state index >= 15 is 0 Å². The van der Waals surface area contributed by atoms with Crippen molar-refractivity contribution in [1.82, 2.24) is 15.5 Å². The maximum atomic E-state index is 13.1. The molecule has 10 nitrogen and oxygen atoms in total. The molecule has 4 rings (SSSR count). The third kappa shape index (κ3) is 9.05. The van der Waals surface area contributed by atoms with Gasteiger partial charge >= 0.3 is 6.09 Å². The third-order valence-corrected chi connectivity index (χ3v) is 8.33. The number of para-hydroxylation sites is 1. The van der Waals surface area contributed by atoms with Gasteiger partial charge < -0.3 is 20.3 Å². The number of carbonyl (C=O) groups is 3. The van der Waals surface area contributed by atoms with Gasteiger partial charge in [0.2, 0.25) is 5.91 Å². The molecule has 11 heteroatoms. The molecule has 3 amide bonds. The maximum absolute atomic E-state index is 13.1. The van der Waals surface area contributed by atoms with E-state index in [0.29, 0.717) is 25.3 Å². The highest BCUT2D eigenvalue weighted by molar-refractivity contribution is 7.92. The second-order valence-corrected chi connectivity index (χ2v) is 13.1. The summed E-state index contributed by atoms with van der Waals surface area (Å²) in [7, 11) is -3.92. The Morgan fingerprint density at radius 3 is 2.14 bits per heavy atom. The third-order valence-electron chi connectivity index (χ3n) is 6.95. The van der Waals surface area contributed by atoms with E-state index in [0.717, 1.165) is 24.0 Å². The first kappa shape index (κ1) is 31.6. The molecule has 1 fully saturated rings. The molecule has 1 aliphatic heterocycles. The van der Waals surface area contributed by atoms with E-state index in [2.05, 4.69) is 15.4 Å². The molecule has 1 saturated heterocycles. The molecule has 0 aliphatic carbocycles. The first-order chi connectivity index (χ1) is 20.4. The number of likely N-dealkylation sites (tertiary alicyclic amines) is 1. The molecule has 0 radical (unpaired) electrons. The van der Waals surface area contributed by atoms with Crippen LogP contribution in [-0.2, 0) is 19.6 Å². The fourth-order valence-corrected chi connectivity index (χ4v) is 5.74. The lowest BCUT2D eigenvalue weighted by Gasteiger charge is -2.33. The van der Waals surface area contributed by atoms with E-state index in [9.17, 15) is 22.8 Å². The minimum Gasteiger partial charge on any atom is -0.444 e. The lowest BCUT2D eigenvalue weighted by Crippen LogP contribution is -2.44. The Kier molecular flexibility index (Phi) is 10.1. The van der Waals surface area contributed by atoms with Gasteiger partial charge in [0.25, 0.3) is 15.9 Å². The summed E-state index contributed by atoms with van der Waals surface area (Å²) in [6, 6.07) is 22.1. The molecule has 1 aliphatic rings. The molecular weight excluding hydrogens is 568 g/mol. The molecule has 228 valence electrons. The molecule has 3 N–H and O–H groups in total. The molecule has 0 saturated carbocycles. The van der Waals surface area contributed by atoms with Crippen LogP contribution in [0.25, 0.3) is 11.1 Å². The largest absolute Gasteiger partial charge is 0.444 e. The zero-order chi connectivity index (χ0) is 31.0. The van der Waals surface area contributed by atoms with Crippen molar-refractivity contribution in [3.05, 3.63) is 84.4 Å². The second-order valence-electron chi connectivity index (χ2n) is 11.4. The summed E-state index contributed by atoms with van der Waals surface area (Å²) in [5, 5.41) is 5.40. The van der Waals surface area contributed by atoms with Crippen LogP contribution in [0.4, 0.5) is 10.5 Å². The van der Waals surface area contributed by atoms with Crippen molar-refractivity contribution in [3.63, 3.8) is 0 Å². The first-order valence-electron chi connectivity index (χ1n) is 14.2. The molecule has 43 heavy (non-hydrogen) atoms. The van der Waals surface area contributed by atoms with Crippen LogP contribution in [0.3, 0.4) is 0 Å². The van der Waals surface area contributed by atoms with Gasteiger partial charge in [0.1, 0.15) is 5.60 Å². The van der Waals surface area contributed by atoms with Crippen LogP contribution in [0, 0.1) is 5.92 Å². The van der Waals surface area contributed by atoms with Gasteiger partial charge in [0.15, 0.2) is 0 Å². The predicted octanol–water partition coefficient (Wildman–Crippen LogP) is 4.65. The zero-order valence-corrected chi connectivity index (χ0v) is 25.4. The highest BCUT2D eigenvalue weighted by atomic mass is 32.2. The van der Waals surface area contributed by atoms with E-state index in [1.165, 1.54) is 24.3 Å². The summed E-state index contributed by atoms with van der Waals surface area (Å²) in [6.07, 6.45) is 1.16. The molecule has 0 atom stereocenters. The number of anilines is 1. The Hall–Kier alpha value is -4.38. The van der Waals surface area contributed by atoms with E-state index in [4.69, 9.17) is 4.74 Å². The molecular formula is C32H38N4O6S. The van der Waals surface area contributed by atoms with Crippen molar-refractivity contribution in [2.45, 2.75) is 44.1 Å². The SMILES string of the molecule is CC(C)(C)OC(=O)N1CCC(CNC(=O)CNC(=O)c2ccc(S(=O)(=O)Nc3ccccc3-c3ccccc3)cc2)CC1. The quantitative estimate of drug-likeness (QED) is 0.325. The highest BCUT2D eigenvalue weighted by Crippen LogP contribution is 2.29. The molecule has 0 spiro atoms. The van der Waals surface area contributed by atoms with Crippen LogP contribution in [0.2, 0.25) is 0 Å². The number of hydrogen-bond donors (Lipinski definition) is 3. The van der Waals surface area contributed by atoms with E-state index < -0.39 is 21.5 Å². The monoisotopic (exact) mass is 606 g/mol. The normalized spacial score (nSPS) is 14.1. The highest BCUT2D eigenvalue weighted by Gasteiger charge is 2.27. The molecule has 0 bridgehead atoms. The molecule has 0 unspecified atom stereocenters. The van der Waals surface area contributed by atoms with E-state index in [1.807, 2.05) is 63.2 Å². The summed E-state index contributed by atoms with van der Waals surface area (Å²) in [6.45, 7) is 6.85. The molecule has 3 aromatic rings. The lowest BCUT2D eigenvalue weighted by molar-refractivity contribution is -0.120. The van der Waals surface area contributed by atoms with Gasteiger partial charge in [-0.1, -0.05) is 48.5 Å². The number of nitrogens with zero attached hydrogens (tertiary/aromatic N) is 1. The number of sulfonamides is 1. The summed E-state index contributed by atoms with van der Waals surface area (Å²) in [4.78, 5) is 38.8. The number of carbonyl (C=O) groups excluding carboxylic acids is 3. The second kappa shape index (κ2) is 13.7. The van der Waals surface area contributed by atoms with Gasteiger partial charge in [0, 0.05) is 30.8 Å².